The monoisotopic (exact) mass is 378 g/mol. The first-order chi connectivity index (χ1) is 12.7. The Kier molecular flexibility index (Phi) is 4.98. The zero-order valence-corrected chi connectivity index (χ0v) is 14.7. The highest BCUT2D eigenvalue weighted by Gasteiger charge is 2.34. The SMILES string of the molecule is Cc1ccc(Cn2cnc(NC(=O)Cn3nc(C(F)(F)F)cc3C)n2)cc1. The van der Waals surface area contributed by atoms with Crippen molar-refractivity contribution in [2.75, 3.05) is 5.32 Å². The molecule has 1 aromatic carbocycles. The summed E-state index contributed by atoms with van der Waals surface area (Å²) in [5, 5.41) is 10.0. The minimum absolute atomic E-state index is 0.0768. The predicted molar refractivity (Wildman–Crippen MR) is 90.9 cm³/mol. The van der Waals surface area contributed by atoms with Gasteiger partial charge in [0.1, 0.15) is 12.9 Å². The molecule has 0 spiro atoms. The molecule has 0 radical (unpaired) electrons. The summed E-state index contributed by atoms with van der Waals surface area (Å²) >= 11 is 0. The Labute approximate surface area is 152 Å². The maximum atomic E-state index is 12.7. The van der Waals surface area contributed by atoms with Crippen LogP contribution in [-0.4, -0.2) is 30.5 Å². The normalized spacial score (nSPS) is 11.6. The van der Waals surface area contributed by atoms with Gasteiger partial charge in [-0.3, -0.25) is 14.8 Å². The van der Waals surface area contributed by atoms with Gasteiger partial charge in [0.2, 0.25) is 11.9 Å². The third-order valence-electron chi connectivity index (χ3n) is 3.82. The first-order valence-corrected chi connectivity index (χ1v) is 8.07. The second-order valence-electron chi connectivity index (χ2n) is 6.13. The Morgan fingerprint density at radius 1 is 1.15 bits per heavy atom. The maximum Gasteiger partial charge on any atom is 0.435 e. The van der Waals surface area contributed by atoms with Gasteiger partial charge in [-0.25, -0.2) is 9.67 Å². The van der Waals surface area contributed by atoms with E-state index in [4.69, 9.17) is 0 Å². The lowest BCUT2D eigenvalue weighted by Gasteiger charge is -2.04. The Morgan fingerprint density at radius 3 is 2.48 bits per heavy atom. The molecule has 0 aliphatic rings. The second-order valence-corrected chi connectivity index (χ2v) is 6.13. The molecule has 0 atom stereocenters. The Bertz CT molecular complexity index is 942. The van der Waals surface area contributed by atoms with Crippen molar-refractivity contribution in [3.8, 4) is 0 Å². The predicted octanol–water partition coefficient (Wildman–Crippen LogP) is 2.80. The van der Waals surface area contributed by atoms with Crippen molar-refractivity contribution >= 4 is 11.9 Å². The first kappa shape index (κ1) is 18.6. The largest absolute Gasteiger partial charge is 0.435 e. The molecule has 7 nitrogen and oxygen atoms in total. The van der Waals surface area contributed by atoms with E-state index in [0.29, 0.717) is 6.54 Å². The van der Waals surface area contributed by atoms with E-state index in [1.807, 2.05) is 31.2 Å². The number of carbonyl (C=O) groups excluding carboxylic acids is 1. The van der Waals surface area contributed by atoms with Crippen LogP contribution in [0.15, 0.2) is 36.7 Å². The zero-order chi connectivity index (χ0) is 19.6. The van der Waals surface area contributed by atoms with Gasteiger partial charge in [0.15, 0.2) is 5.69 Å². The molecule has 1 amide bonds. The van der Waals surface area contributed by atoms with Crippen LogP contribution in [0.2, 0.25) is 0 Å². The fraction of sp³-hybridized carbons (Fsp3) is 0.294. The number of hydrogen-bond acceptors (Lipinski definition) is 4. The van der Waals surface area contributed by atoms with Gasteiger partial charge in [0.25, 0.3) is 0 Å². The quantitative estimate of drug-likeness (QED) is 0.741. The Balaban J connectivity index is 1.61. The third-order valence-corrected chi connectivity index (χ3v) is 3.82. The lowest BCUT2D eigenvalue weighted by molar-refractivity contribution is -0.141. The Morgan fingerprint density at radius 2 is 1.85 bits per heavy atom. The summed E-state index contributed by atoms with van der Waals surface area (Å²) in [4.78, 5) is 16.0. The fourth-order valence-electron chi connectivity index (χ4n) is 2.42. The molecule has 0 aliphatic carbocycles. The number of amides is 1. The molecule has 2 aromatic heterocycles. The van der Waals surface area contributed by atoms with E-state index >= 15 is 0 Å². The van der Waals surface area contributed by atoms with Crippen molar-refractivity contribution in [2.45, 2.75) is 33.1 Å². The van der Waals surface area contributed by atoms with E-state index in [0.717, 1.165) is 21.9 Å². The van der Waals surface area contributed by atoms with E-state index in [9.17, 15) is 18.0 Å². The summed E-state index contributed by atoms with van der Waals surface area (Å²) in [5.41, 5.74) is 1.37. The second kappa shape index (κ2) is 7.22. The molecule has 0 saturated carbocycles. The van der Waals surface area contributed by atoms with Gasteiger partial charge in [0, 0.05) is 5.69 Å². The molecule has 10 heteroatoms. The third kappa shape index (κ3) is 4.72. The van der Waals surface area contributed by atoms with E-state index in [-0.39, 0.29) is 18.2 Å². The van der Waals surface area contributed by atoms with Gasteiger partial charge >= 0.3 is 6.18 Å². The number of nitrogens with zero attached hydrogens (tertiary/aromatic N) is 5. The highest BCUT2D eigenvalue weighted by atomic mass is 19.4. The summed E-state index contributed by atoms with van der Waals surface area (Å²) in [6.45, 7) is 3.56. The highest BCUT2D eigenvalue weighted by molar-refractivity contribution is 5.88. The summed E-state index contributed by atoms with van der Waals surface area (Å²) < 4.78 is 40.6. The van der Waals surface area contributed by atoms with Gasteiger partial charge in [-0.15, -0.1) is 5.10 Å². The average molecular weight is 378 g/mol. The van der Waals surface area contributed by atoms with Crippen LogP contribution in [0.1, 0.15) is 22.5 Å². The molecule has 27 heavy (non-hydrogen) atoms. The Hall–Kier alpha value is -3.17. The molecular weight excluding hydrogens is 361 g/mol. The fourth-order valence-corrected chi connectivity index (χ4v) is 2.42. The van der Waals surface area contributed by atoms with Crippen LogP contribution in [0.4, 0.5) is 19.1 Å². The van der Waals surface area contributed by atoms with E-state index < -0.39 is 17.8 Å². The average Bonchev–Trinajstić information content (AvgIpc) is 3.16. The van der Waals surface area contributed by atoms with Gasteiger partial charge in [-0.2, -0.15) is 18.3 Å². The number of alkyl halides is 3. The molecule has 142 valence electrons. The van der Waals surface area contributed by atoms with Crippen molar-refractivity contribution in [1.82, 2.24) is 24.5 Å². The number of nitrogens with one attached hydrogen (secondary N) is 1. The summed E-state index contributed by atoms with van der Waals surface area (Å²) in [7, 11) is 0. The molecule has 3 aromatic rings. The van der Waals surface area contributed by atoms with Gasteiger partial charge in [-0.05, 0) is 25.5 Å². The van der Waals surface area contributed by atoms with Gasteiger partial charge in [-0.1, -0.05) is 29.8 Å². The van der Waals surface area contributed by atoms with Crippen LogP contribution in [0.3, 0.4) is 0 Å². The number of carbonyl (C=O) groups is 1. The van der Waals surface area contributed by atoms with Crippen LogP contribution in [-0.2, 0) is 24.1 Å². The molecule has 1 N–H and O–H groups in total. The first-order valence-electron chi connectivity index (χ1n) is 8.07. The van der Waals surface area contributed by atoms with Crippen LogP contribution >= 0.6 is 0 Å². The van der Waals surface area contributed by atoms with Crippen molar-refractivity contribution in [3.05, 3.63) is 59.2 Å². The van der Waals surface area contributed by atoms with Crippen LogP contribution in [0.25, 0.3) is 0 Å². The topological polar surface area (TPSA) is 77.6 Å². The van der Waals surface area contributed by atoms with Crippen molar-refractivity contribution < 1.29 is 18.0 Å². The molecule has 0 fully saturated rings. The lowest BCUT2D eigenvalue weighted by Crippen LogP contribution is -2.21. The number of hydrogen-bond donors (Lipinski definition) is 1. The van der Waals surface area contributed by atoms with E-state index in [1.54, 1.807) is 4.68 Å². The maximum absolute atomic E-state index is 12.7. The van der Waals surface area contributed by atoms with Gasteiger partial charge < -0.3 is 0 Å². The molecule has 0 aliphatic heterocycles. The van der Waals surface area contributed by atoms with Crippen LogP contribution in [0.5, 0.6) is 0 Å². The van der Waals surface area contributed by atoms with Crippen molar-refractivity contribution in [2.24, 2.45) is 0 Å². The minimum Gasteiger partial charge on any atom is -0.292 e. The van der Waals surface area contributed by atoms with Crippen LogP contribution < -0.4 is 5.32 Å². The number of rotatable bonds is 5. The molecular formula is C17H17F3N6O. The number of aromatic nitrogens is 5. The number of anilines is 1. The number of benzene rings is 1. The van der Waals surface area contributed by atoms with E-state index in [2.05, 4.69) is 20.5 Å². The molecule has 0 bridgehead atoms. The summed E-state index contributed by atoms with van der Waals surface area (Å²) in [6.07, 6.45) is -3.08. The molecule has 3 rings (SSSR count). The number of aryl methyl sites for hydroxylation is 2. The smallest absolute Gasteiger partial charge is 0.292 e. The molecule has 0 unspecified atom stereocenters. The highest BCUT2D eigenvalue weighted by Crippen LogP contribution is 2.28. The molecule has 2 heterocycles. The van der Waals surface area contributed by atoms with Crippen molar-refractivity contribution in [1.29, 1.82) is 0 Å². The van der Waals surface area contributed by atoms with Crippen molar-refractivity contribution in [3.63, 3.8) is 0 Å². The summed E-state index contributed by atoms with van der Waals surface area (Å²) in [5.74, 6) is -0.490. The van der Waals surface area contributed by atoms with E-state index in [1.165, 1.54) is 13.3 Å². The molecule has 0 saturated heterocycles. The standard InChI is InChI=1S/C17H17F3N6O/c1-11-3-5-13(6-4-11)8-25-10-21-16(24-25)22-15(27)9-26-12(2)7-14(23-26)17(18,19)20/h3-7,10H,8-9H2,1-2H3,(H,22,24,27). The lowest BCUT2D eigenvalue weighted by atomic mass is 10.1. The van der Waals surface area contributed by atoms with Crippen LogP contribution in [0, 0.1) is 13.8 Å². The minimum atomic E-state index is -4.55. The summed E-state index contributed by atoms with van der Waals surface area (Å²) in [6, 6.07) is 8.79. The van der Waals surface area contributed by atoms with Gasteiger partial charge in [0.05, 0.1) is 6.54 Å². The zero-order valence-electron chi connectivity index (χ0n) is 14.7. The number of halogens is 3.